The molecule has 0 amide bonds. The van der Waals surface area contributed by atoms with Gasteiger partial charge in [0.1, 0.15) is 36.1 Å². The van der Waals surface area contributed by atoms with E-state index in [0.29, 0.717) is 0 Å². The number of hydrogen-bond donors (Lipinski definition) is 4. The maximum atomic E-state index is 12.0. The molecule has 1 saturated heterocycles. The van der Waals surface area contributed by atoms with E-state index in [1.165, 1.54) is 10.8 Å². The minimum atomic E-state index is -3.64. The van der Waals surface area contributed by atoms with E-state index < -0.39 is 41.0 Å². The van der Waals surface area contributed by atoms with Crippen LogP contribution in [0, 0.1) is 0 Å². The van der Waals surface area contributed by atoms with Gasteiger partial charge in [0.2, 0.25) is 0 Å². The Morgan fingerprint density at radius 1 is 1.35 bits per heavy atom. The van der Waals surface area contributed by atoms with E-state index in [1.54, 1.807) is 0 Å². The highest BCUT2D eigenvalue weighted by Gasteiger charge is 2.44. The largest absolute Gasteiger partial charge is 0.394 e. The van der Waals surface area contributed by atoms with Gasteiger partial charge in [-0.25, -0.2) is 18.4 Å². The molecule has 23 heavy (non-hydrogen) atoms. The third-order valence-electron chi connectivity index (χ3n) is 3.79. The van der Waals surface area contributed by atoms with E-state index in [0.717, 1.165) is 12.6 Å². The van der Waals surface area contributed by atoms with Crippen molar-refractivity contribution in [2.75, 3.05) is 18.6 Å². The standard InChI is InChI=1S/C12H16N4O6S/c1-23(20,21)6-2-16(11-7(6)10(13)14-4-15-11)12-9(19)8(18)5(3-17)22-12/h2,4-5,8-9,12,17-19H,3H2,1H3,(H2,13,14,15)/t5-,8-,9-,12-/m1/s1. The van der Waals surface area contributed by atoms with Crippen molar-refractivity contribution in [3.05, 3.63) is 12.5 Å². The van der Waals surface area contributed by atoms with Crippen LogP contribution >= 0.6 is 0 Å². The van der Waals surface area contributed by atoms with Crippen LogP contribution in [-0.2, 0) is 14.6 Å². The summed E-state index contributed by atoms with van der Waals surface area (Å²) in [5.74, 6) is -0.0269. The number of nitrogen functional groups attached to an aromatic ring is 1. The molecule has 0 radical (unpaired) electrons. The summed E-state index contributed by atoms with van der Waals surface area (Å²) in [7, 11) is -3.64. The summed E-state index contributed by atoms with van der Waals surface area (Å²) < 4.78 is 30.6. The molecule has 11 heteroatoms. The van der Waals surface area contributed by atoms with Gasteiger partial charge in [-0.15, -0.1) is 0 Å². The predicted molar refractivity (Wildman–Crippen MR) is 78.1 cm³/mol. The molecule has 4 atom stereocenters. The lowest BCUT2D eigenvalue weighted by molar-refractivity contribution is -0.0510. The highest BCUT2D eigenvalue weighted by Crippen LogP contribution is 2.35. The molecule has 5 N–H and O–H groups in total. The third-order valence-corrected chi connectivity index (χ3v) is 4.90. The van der Waals surface area contributed by atoms with Crippen LogP contribution in [0.2, 0.25) is 0 Å². The average Bonchev–Trinajstić information content (AvgIpc) is 3.00. The summed E-state index contributed by atoms with van der Waals surface area (Å²) in [4.78, 5) is 7.68. The van der Waals surface area contributed by atoms with Crippen molar-refractivity contribution in [3.63, 3.8) is 0 Å². The number of anilines is 1. The molecule has 0 bridgehead atoms. The molecule has 1 aliphatic rings. The third kappa shape index (κ3) is 2.46. The minimum absolute atomic E-state index is 0.0269. The van der Waals surface area contributed by atoms with Gasteiger partial charge in [0.15, 0.2) is 16.1 Å². The molecule has 126 valence electrons. The van der Waals surface area contributed by atoms with E-state index in [-0.39, 0.29) is 21.7 Å². The number of sulfone groups is 1. The van der Waals surface area contributed by atoms with Crippen LogP contribution in [0.15, 0.2) is 17.4 Å². The molecule has 0 saturated carbocycles. The van der Waals surface area contributed by atoms with Crippen molar-refractivity contribution >= 4 is 26.7 Å². The van der Waals surface area contributed by atoms with E-state index in [2.05, 4.69) is 9.97 Å². The number of aromatic nitrogens is 3. The van der Waals surface area contributed by atoms with Gasteiger partial charge >= 0.3 is 0 Å². The lowest BCUT2D eigenvalue weighted by Crippen LogP contribution is -2.33. The molecule has 3 heterocycles. The van der Waals surface area contributed by atoms with Crippen LogP contribution in [0.25, 0.3) is 11.0 Å². The summed E-state index contributed by atoms with van der Waals surface area (Å²) in [6.07, 6.45) is -1.40. The molecule has 1 fully saturated rings. The van der Waals surface area contributed by atoms with Gasteiger partial charge in [-0.05, 0) is 0 Å². The van der Waals surface area contributed by atoms with Gasteiger partial charge in [0.05, 0.1) is 16.9 Å². The molecule has 0 aromatic carbocycles. The van der Waals surface area contributed by atoms with Gasteiger partial charge in [-0.1, -0.05) is 0 Å². The molecule has 0 unspecified atom stereocenters. The number of aliphatic hydroxyl groups is 3. The summed E-state index contributed by atoms with van der Waals surface area (Å²) in [6.45, 7) is -0.496. The first-order valence-electron chi connectivity index (χ1n) is 6.69. The summed E-state index contributed by atoms with van der Waals surface area (Å²) in [5.41, 5.74) is 5.91. The van der Waals surface area contributed by atoms with Crippen LogP contribution in [0.3, 0.4) is 0 Å². The van der Waals surface area contributed by atoms with Crippen molar-refractivity contribution in [2.24, 2.45) is 0 Å². The van der Waals surface area contributed by atoms with Crippen molar-refractivity contribution in [3.8, 4) is 0 Å². The smallest absolute Gasteiger partial charge is 0.177 e. The Hall–Kier alpha value is -1.79. The lowest BCUT2D eigenvalue weighted by Gasteiger charge is -2.17. The normalized spacial score (nSPS) is 28.5. The van der Waals surface area contributed by atoms with Gasteiger partial charge in [-0.3, -0.25) is 0 Å². The van der Waals surface area contributed by atoms with E-state index in [4.69, 9.17) is 15.6 Å². The van der Waals surface area contributed by atoms with Crippen LogP contribution in [0.1, 0.15) is 6.23 Å². The second-order valence-corrected chi connectivity index (χ2v) is 7.34. The number of nitrogens with zero attached hydrogens (tertiary/aromatic N) is 3. The second-order valence-electron chi connectivity index (χ2n) is 5.36. The number of fused-ring (bicyclic) bond motifs is 1. The molecule has 10 nitrogen and oxygen atoms in total. The van der Waals surface area contributed by atoms with Crippen LogP contribution < -0.4 is 5.73 Å². The first kappa shape index (κ1) is 16.1. The summed E-state index contributed by atoms with van der Waals surface area (Å²) in [6, 6.07) is 0. The van der Waals surface area contributed by atoms with Gasteiger partial charge < -0.3 is 30.4 Å². The molecule has 1 aliphatic heterocycles. The fraction of sp³-hybridized carbons (Fsp3) is 0.500. The molecule has 3 rings (SSSR count). The minimum Gasteiger partial charge on any atom is -0.394 e. The first-order chi connectivity index (χ1) is 10.8. The Kier molecular flexibility index (Phi) is 3.77. The first-order valence-corrected chi connectivity index (χ1v) is 8.58. The summed E-state index contributed by atoms with van der Waals surface area (Å²) >= 11 is 0. The maximum Gasteiger partial charge on any atom is 0.177 e. The number of nitrogens with two attached hydrogens (primary N) is 1. The molecular weight excluding hydrogens is 328 g/mol. The second kappa shape index (κ2) is 5.39. The summed E-state index contributed by atoms with van der Waals surface area (Å²) in [5, 5.41) is 29.3. The van der Waals surface area contributed by atoms with Crippen molar-refractivity contribution in [2.45, 2.75) is 29.4 Å². The van der Waals surface area contributed by atoms with E-state index in [9.17, 15) is 18.6 Å². The number of aliphatic hydroxyl groups excluding tert-OH is 3. The van der Waals surface area contributed by atoms with Crippen LogP contribution in [0.5, 0.6) is 0 Å². The molecule has 0 aliphatic carbocycles. The monoisotopic (exact) mass is 344 g/mol. The topological polar surface area (TPSA) is 161 Å². The molecule has 2 aromatic rings. The SMILES string of the molecule is CS(=O)(=O)c1cn([C@@H]2O[C@H](CO)[C@@H](O)[C@H]2O)c2ncnc(N)c12. The number of hydrogen-bond acceptors (Lipinski definition) is 9. The van der Waals surface area contributed by atoms with E-state index >= 15 is 0 Å². The Morgan fingerprint density at radius 2 is 2.04 bits per heavy atom. The molecular formula is C12H16N4O6S. The highest BCUT2D eigenvalue weighted by molar-refractivity contribution is 7.91. The average molecular weight is 344 g/mol. The number of rotatable bonds is 3. The van der Waals surface area contributed by atoms with Crippen molar-refractivity contribution in [1.82, 2.24) is 14.5 Å². The predicted octanol–water partition coefficient (Wildman–Crippen LogP) is -1.97. The Balaban J connectivity index is 2.22. The number of ether oxygens (including phenoxy) is 1. The van der Waals surface area contributed by atoms with Crippen LogP contribution in [-0.4, -0.2) is 69.4 Å². The van der Waals surface area contributed by atoms with Crippen molar-refractivity contribution < 1.29 is 28.5 Å². The van der Waals surface area contributed by atoms with Gasteiger partial charge in [-0.2, -0.15) is 0 Å². The lowest BCUT2D eigenvalue weighted by atomic mass is 10.1. The van der Waals surface area contributed by atoms with E-state index in [1.807, 2.05) is 0 Å². The zero-order chi connectivity index (χ0) is 16.9. The van der Waals surface area contributed by atoms with Gasteiger partial charge in [0.25, 0.3) is 0 Å². The highest BCUT2D eigenvalue weighted by atomic mass is 32.2. The fourth-order valence-corrected chi connectivity index (χ4v) is 3.53. The molecule has 2 aromatic heterocycles. The quantitative estimate of drug-likeness (QED) is 0.495. The van der Waals surface area contributed by atoms with Crippen LogP contribution in [0.4, 0.5) is 5.82 Å². The zero-order valence-electron chi connectivity index (χ0n) is 12.1. The van der Waals surface area contributed by atoms with Crippen molar-refractivity contribution in [1.29, 1.82) is 0 Å². The Labute approximate surface area is 131 Å². The Morgan fingerprint density at radius 3 is 2.61 bits per heavy atom. The van der Waals surface area contributed by atoms with Gasteiger partial charge in [0, 0.05) is 12.5 Å². The maximum absolute atomic E-state index is 12.0. The zero-order valence-corrected chi connectivity index (χ0v) is 12.9. The fourth-order valence-electron chi connectivity index (χ4n) is 2.66. The Bertz CT molecular complexity index is 851. The molecule has 0 spiro atoms.